The van der Waals surface area contributed by atoms with Crippen molar-refractivity contribution in [1.82, 2.24) is 9.80 Å². The first kappa shape index (κ1) is 23.8. The maximum atomic E-state index is 13.1. The summed E-state index contributed by atoms with van der Waals surface area (Å²) in [6, 6.07) is 10.7. The average Bonchev–Trinajstić information content (AvgIpc) is 3.12. The van der Waals surface area contributed by atoms with Gasteiger partial charge in [0, 0.05) is 13.1 Å². The van der Waals surface area contributed by atoms with Gasteiger partial charge in [-0.1, -0.05) is 18.2 Å². The molecule has 2 aromatic rings. The Morgan fingerprint density at radius 3 is 2.56 bits per heavy atom. The molecule has 3 amide bonds. The van der Waals surface area contributed by atoms with E-state index in [2.05, 4.69) is 0 Å². The predicted octanol–water partition coefficient (Wildman–Crippen LogP) is 3.31. The van der Waals surface area contributed by atoms with Gasteiger partial charge in [0.25, 0.3) is 17.1 Å². The highest BCUT2D eigenvalue weighted by molar-refractivity contribution is 8.18. The molecule has 2 aliphatic heterocycles. The van der Waals surface area contributed by atoms with Crippen LogP contribution in [0.15, 0.2) is 47.4 Å². The molecule has 2 saturated heterocycles. The van der Waals surface area contributed by atoms with Crippen molar-refractivity contribution in [2.75, 3.05) is 40.0 Å². The molecule has 0 unspecified atom stereocenters. The SMILES string of the molecule is COc1cc(/C=C2\SC(=O)N(Cc3ccc(F)cc3)C2=O)ccc1OCC(=O)N1CCOCC1. The summed E-state index contributed by atoms with van der Waals surface area (Å²) in [5.41, 5.74) is 1.29. The summed E-state index contributed by atoms with van der Waals surface area (Å²) in [6.45, 7) is 2.04. The molecule has 4 rings (SSSR count). The van der Waals surface area contributed by atoms with Crippen LogP contribution in [0.5, 0.6) is 11.5 Å². The lowest BCUT2D eigenvalue weighted by Crippen LogP contribution is -2.43. The lowest BCUT2D eigenvalue weighted by atomic mass is 10.1. The van der Waals surface area contributed by atoms with E-state index < -0.39 is 11.1 Å². The molecule has 0 aliphatic carbocycles. The fourth-order valence-electron chi connectivity index (χ4n) is 3.50. The first-order valence-electron chi connectivity index (χ1n) is 10.6. The van der Waals surface area contributed by atoms with Gasteiger partial charge in [-0.05, 0) is 53.2 Å². The standard InChI is InChI=1S/C24H23FN2O6S/c1-31-20-12-17(4-7-19(20)33-15-22(28)26-8-10-32-11-9-26)13-21-23(29)27(24(30)34-21)14-16-2-5-18(25)6-3-16/h2-7,12-13H,8-11,14-15H2,1H3/b21-13-. The Morgan fingerprint density at radius 2 is 1.85 bits per heavy atom. The number of carbonyl (C=O) groups excluding carboxylic acids is 3. The topological polar surface area (TPSA) is 85.4 Å². The van der Waals surface area contributed by atoms with Gasteiger partial charge in [0.15, 0.2) is 18.1 Å². The molecule has 2 fully saturated rings. The minimum atomic E-state index is -0.422. The monoisotopic (exact) mass is 486 g/mol. The molecular formula is C24H23FN2O6S. The van der Waals surface area contributed by atoms with E-state index in [1.165, 1.54) is 31.4 Å². The summed E-state index contributed by atoms with van der Waals surface area (Å²) in [5, 5.41) is -0.394. The van der Waals surface area contributed by atoms with E-state index >= 15 is 0 Å². The van der Waals surface area contributed by atoms with Gasteiger partial charge in [-0.15, -0.1) is 0 Å². The molecule has 0 N–H and O–H groups in total. The Morgan fingerprint density at radius 1 is 1.12 bits per heavy atom. The number of imide groups is 1. The number of hydrogen-bond donors (Lipinski definition) is 0. The molecule has 10 heteroatoms. The normalized spacial score (nSPS) is 17.4. The third-order valence-electron chi connectivity index (χ3n) is 5.33. The van der Waals surface area contributed by atoms with Crippen molar-refractivity contribution in [2.24, 2.45) is 0 Å². The van der Waals surface area contributed by atoms with Crippen LogP contribution in [0.3, 0.4) is 0 Å². The molecule has 0 bridgehead atoms. The lowest BCUT2D eigenvalue weighted by Gasteiger charge is -2.26. The Hall–Kier alpha value is -3.37. The Bertz CT molecular complexity index is 1110. The minimum absolute atomic E-state index is 0.0650. The average molecular weight is 487 g/mol. The summed E-state index contributed by atoms with van der Waals surface area (Å²) in [4.78, 5) is 40.5. The number of halogens is 1. The Kier molecular flexibility index (Phi) is 7.49. The van der Waals surface area contributed by atoms with E-state index in [9.17, 15) is 18.8 Å². The highest BCUT2D eigenvalue weighted by Gasteiger charge is 2.35. The van der Waals surface area contributed by atoms with Gasteiger partial charge in [-0.25, -0.2) is 4.39 Å². The number of ether oxygens (including phenoxy) is 3. The number of carbonyl (C=O) groups is 3. The third-order valence-corrected chi connectivity index (χ3v) is 6.24. The second kappa shape index (κ2) is 10.7. The van der Waals surface area contributed by atoms with Crippen molar-refractivity contribution in [3.8, 4) is 11.5 Å². The molecule has 0 saturated carbocycles. The quantitative estimate of drug-likeness (QED) is 0.555. The summed E-state index contributed by atoms with van der Waals surface area (Å²) < 4.78 is 29.4. The summed E-state index contributed by atoms with van der Waals surface area (Å²) in [7, 11) is 1.48. The largest absolute Gasteiger partial charge is 0.493 e. The van der Waals surface area contributed by atoms with E-state index in [0.29, 0.717) is 48.9 Å². The molecule has 178 valence electrons. The van der Waals surface area contributed by atoms with Crippen LogP contribution < -0.4 is 9.47 Å². The van der Waals surface area contributed by atoms with E-state index in [4.69, 9.17) is 14.2 Å². The minimum Gasteiger partial charge on any atom is -0.493 e. The number of hydrogen-bond acceptors (Lipinski definition) is 7. The predicted molar refractivity (Wildman–Crippen MR) is 124 cm³/mol. The number of nitrogens with zero attached hydrogens (tertiary/aromatic N) is 2. The number of amides is 3. The molecule has 8 nitrogen and oxygen atoms in total. The molecule has 2 heterocycles. The molecular weight excluding hydrogens is 463 g/mol. The van der Waals surface area contributed by atoms with Crippen LogP contribution in [0.2, 0.25) is 0 Å². The van der Waals surface area contributed by atoms with Crippen molar-refractivity contribution >= 4 is 34.9 Å². The van der Waals surface area contributed by atoms with Crippen LogP contribution in [0.1, 0.15) is 11.1 Å². The van der Waals surface area contributed by atoms with E-state index in [0.717, 1.165) is 16.7 Å². The molecule has 2 aliphatic rings. The zero-order valence-electron chi connectivity index (χ0n) is 18.5. The van der Waals surface area contributed by atoms with E-state index in [-0.39, 0.29) is 29.8 Å². The van der Waals surface area contributed by atoms with Gasteiger partial charge < -0.3 is 19.1 Å². The van der Waals surface area contributed by atoms with Crippen molar-refractivity contribution in [3.63, 3.8) is 0 Å². The molecule has 0 aromatic heterocycles. The fourth-order valence-corrected chi connectivity index (χ4v) is 4.34. The summed E-state index contributed by atoms with van der Waals surface area (Å²) >= 11 is 0.839. The smallest absolute Gasteiger partial charge is 0.293 e. The van der Waals surface area contributed by atoms with Crippen LogP contribution in [0.25, 0.3) is 6.08 Å². The Labute approximate surface area is 200 Å². The third kappa shape index (κ3) is 5.57. The van der Waals surface area contributed by atoms with Crippen LogP contribution in [0, 0.1) is 5.82 Å². The zero-order valence-corrected chi connectivity index (χ0v) is 19.3. The second-order valence-electron chi connectivity index (χ2n) is 7.59. The maximum Gasteiger partial charge on any atom is 0.293 e. The fraction of sp³-hybridized carbons (Fsp3) is 0.292. The summed E-state index contributed by atoms with van der Waals surface area (Å²) in [5.74, 6) is -0.150. The summed E-state index contributed by atoms with van der Waals surface area (Å²) in [6.07, 6.45) is 1.60. The van der Waals surface area contributed by atoms with Crippen LogP contribution in [-0.4, -0.2) is 66.9 Å². The first-order chi connectivity index (χ1) is 16.4. The zero-order chi connectivity index (χ0) is 24.1. The number of thioether (sulfide) groups is 1. The number of morpholine rings is 1. The van der Waals surface area contributed by atoms with Gasteiger partial charge in [-0.2, -0.15) is 0 Å². The van der Waals surface area contributed by atoms with Gasteiger partial charge in [0.2, 0.25) is 0 Å². The maximum absolute atomic E-state index is 13.1. The first-order valence-corrected chi connectivity index (χ1v) is 11.4. The van der Waals surface area contributed by atoms with Crippen molar-refractivity contribution in [2.45, 2.75) is 6.54 Å². The Balaban J connectivity index is 1.43. The molecule has 34 heavy (non-hydrogen) atoms. The van der Waals surface area contributed by atoms with Crippen molar-refractivity contribution in [3.05, 3.63) is 64.3 Å². The second-order valence-corrected chi connectivity index (χ2v) is 8.58. The highest BCUT2D eigenvalue weighted by atomic mass is 32.2. The molecule has 0 radical (unpaired) electrons. The van der Waals surface area contributed by atoms with Gasteiger partial charge in [0.1, 0.15) is 5.82 Å². The number of methoxy groups -OCH3 is 1. The number of benzene rings is 2. The van der Waals surface area contributed by atoms with Gasteiger partial charge in [0.05, 0.1) is 31.8 Å². The van der Waals surface area contributed by atoms with Crippen molar-refractivity contribution < 1.29 is 33.0 Å². The van der Waals surface area contributed by atoms with Crippen molar-refractivity contribution in [1.29, 1.82) is 0 Å². The number of rotatable bonds is 7. The van der Waals surface area contributed by atoms with Crippen LogP contribution in [-0.2, 0) is 20.9 Å². The molecule has 0 spiro atoms. The van der Waals surface area contributed by atoms with Gasteiger partial charge >= 0.3 is 0 Å². The van der Waals surface area contributed by atoms with Crippen LogP contribution >= 0.6 is 11.8 Å². The molecule has 2 aromatic carbocycles. The lowest BCUT2D eigenvalue weighted by molar-refractivity contribution is -0.137. The van der Waals surface area contributed by atoms with Gasteiger partial charge in [-0.3, -0.25) is 19.3 Å². The van der Waals surface area contributed by atoms with E-state index in [1.807, 2.05) is 0 Å². The highest BCUT2D eigenvalue weighted by Crippen LogP contribution is 2.35. The van der Waals surface area contributed by atoms with Crippen LogP contribution in [0.4, 0.5) is 9.18 Å². The van der Waals surface area contributed by atoms with E-state index in [1.54, 1.807) is 29.2 Å². The molecule has 0 atom stereocenters.